The van der Waals surface area contributed by atoms with Crippen LogP contribution in [-0.4, -0.2) is 26.0 Å². The zero-order valence-electron chi connectivity index (χ0n) is 12.0. The topological polar surface area (TPSA) is 30.5 Å². The van der Waals surface area contributed by atoms with Crippen molar-refractivity contribution in [2.45, 2.75) is 39.5 Å². The molecule has 0 aliphatic carbocycles. The van der Waals surface area contributed by atoms with Crippen LogP contribution in [0.25, 0.3) is 0 Å². The highest BCUT2D eigenvalue weighted by molar-refractivity contribution is 9.10. The number of nitrogens with one attached hydrogen (secondary N) is 1. The predicted molar refractivity (Wildman–Crippen MR) is 82.2 cm³/mol. The van der Waals surface area contributed by atoms with Crippen LogP contribution in [0.3, 0.4) is 0 Å². The Labute approximate surface area is 124 Å². The average molecular weight is 330 g/mol. The van der Waals surface area contributed by atoms with E-state index in [2.05, 4.69) is 52.4 Å². The fraction of sp³-hybridized carbons (Fsp3) is 0.600. The van der Waals surface area contributed by atoms with Crippen molar-refractivity contribution in [2.75, 3.05) is 19.8 Å². The molecule has 1 N–H and O–H groups in total. The average Bonchev–Trinajstić information content (AvgIpc) is 2.41. The van der Waals surface area contributed by atoms with Gasteiger partial charge < -0.3 is 14.8 Å². The van der Waals surface area contributed by atoms with E-state index in [1.807, 2.05) is 13.8 Å². The predicted octanol–water partition coefficient (Wildman–Crippen LogP) is 3.89. The van der Waals surface area contributed by atoms with E-state index in [9.17, 15) is 0 Å². The molecule has 1 atom stereocenters. The molecule has 108 valence electrons. The summed E-state index contributed by atoms with van der Waals surface area (Å²) in [4.78, 5) is 0. The third-order valence-electron chi connectivity index (χ3n) is 2.92. The summed E-state index contributed by atoms with van der Waals surface area (Å²) in [5.74, 6) is 0. The molecule has 0 fully saturated rings. The van der Waals surface area contributed by atoms with Crippen LogP contribution in [0.5, 0.6) is 0 Å². The second-order valence-corrected chi connectivity index (χ2v) is 5.18. The maximum atomic E-state index is 5.54. The normalized spacial score (nSPS) is 12.9. The first kappa shape index (κ1) is 16.6. The van der Waals surface area contributed by atoms with Crippen molar-refractivity contribution in [3.63, 3.8) is 0 Å². The van der Waals surface area contributed by atoms with Gasteiger partial charge in [0, 0.05) is 30.3 Å². The van der Waals surface area contributed by atoms with Crippen molar-refractivity contribution < 1.29 is 9.47 Å². The Morgan fingerprint density at radius 1 is 1.05 bits per heavy atom. The molecule has 1 aromatic carbocycles. The summed E-state index contributed by atoms with van der Waals surface area (Å²) in [6.07, 6.45) is 0.867. The fourth-order valence-corrected chi connectivity index (χ4v) is 2.23. The molecule has 0 saturated carbocycles. The molecule has 1 aromatic rings. The van der Waals surface area contributed by atoms with Gasteiger partial charge in [0.15, 0.2) is 6.29 Å². The minimum Gasteiger partial charge on any atom is -0.352 e. The molecular formula is C15H24BrNO2. The Hall–Kier alpha value is -0.420. The van der Waals surface area contributed by atoms with Gasteiger partial charge in [0.1, 0.15) is 0 Å². The molecule has 0 spiro atoms. The largest absolute Gasteiger partial charge is 0.352 e. The maximum absolute atomic E-state index is 5.54. The number of halogens is 1. The van der Waals surface area contributed by atoms with Gasteiger partial charge in [0.05, 0.1) is 0 Å². The molecule has 0 aliphatic rings. The molecule has 0 saturated heterocycles. The summed E-state index contributed by atoms with van der Waals surface area (Å²) >= 11 is 3.46. The third-order valence-corrected chi connectivity index (χ3v) is 3.45. The van der Waals surface area contributed by atoms with Crippen LogP contribution in [0.15, 0.2) is 28.7 Å². The second kappa shape index (κ2) is 9.48. The number of hydrogen-bond acceptors (Lipinski definition) is 3. The summed E-state index contributed by atoms with van der Waals surface area (Å²) < 4.78 is 12.2. The van der Waals surface area contributed by atoms with E-state index < -0.39 is 0 Å². The summed E-state index contributed by atoms with van der Waals surface area (Å²) in [5.41, 5.74) is 1.29. The molecule has 3 nitrogen and oxygen atoms in total. The number of hydrogen-bond donors (Lipinski definition) is 1. The van der Waals surface area contributed by atoms with Crippen LogP contribution in [0.2, 0.25) is 0 Å². The fourth-order valence-electron chi connectivity index (χ4n) is 1.97. The maximum Gasteiger partial charge on any atom is 0.169 e. The SMILES string of the molecule is CCOC(CNC(CC)c1ccc(Br)cc1)OCC. The lowest BCUT2D eigenvalue weighted by atomic mass is 10.0. The zero-order valence-corrected chi connectivity index (χ0v) is 13.6. The highest BCUT2D eigenvalue weighted by Crippen LogP contribution is 2.19. The lowest BCUT2D eigenvalue weighted by Gasteiger charge is -2.22. The van der Waals surface area contributed by atoms with E-state index in [4.69, 9.17) is 9.47 Å². The number of rotatable bonds is 9. The Kier molecular flexibility index (Phi) is 8.30. The third kappa shape index (κ3) is 6.04. The molecule has 1 unspecified atom stereocenters. The van der Waals surface area contributed by atoms with Gasteiger partial charge in [-0.2, -0.15) is 0 Å². The summed E-state index contributed by atoms with van der Waals surface area (Å²) in [6.45, 7) is 8.19. The molecule has 0 amide bonds. The molecule has 4 heteroatoms. The molecular weight excluding hydrogens is 306 g/mol. The summed E-state index contributed by atoms with van der Waals surface area (Å²) in [6, 6.07) is 8.75. The van der Waals surface area contributed by atoms with E-state index in [-0.39, 0.29) is 6.29 Å². The van der Waals surface area contributed by atoms with Crippen LogP contribution in [0.1, 0.15) is 38.8 Å². The molecule has 1 rings (SSSR count). The van der Waals surface area contributed by atoms with Gasteiger partial charge in [-0.3, -0.25) is 0 Å². The van der Waals surface area contributed by atoms with E-state index in [1.54, 1.807) is 0 Å². The molecule has 0 heterocycles. The highest BCUT2D eigenvalue weighted by atomic mass is 79.9. The second-order valence-electron chi connectivity index (χ2n) is 4.26. The minimum absolute atomic E-state index is 0.167. The van der Waals surface area contributed by atoms with Crippen LogP contribution in [0, 0.1) is 0 Å². The van der Waals surface area contributed by atoms with Gasteiger partial charge in [0.2, 0.25) is 0 Å². The first-order valence-corrected chi connectivity index (χ1v) is 7.72. The Morgan fingerprint density at radius 3 is 2.11 bits per heavy atom. The Morgan fingerprint density at radius 2 is 1.63 bits per heavy atom. The number of ether oxygens (including phenoxy) is 2. The lowest BCUT2D eigenvalue weighted by Crippen LogP contribution is -2.33. The number of benzene rings is 1. The molecule has 19 heavy (non-hydrogen) atoms. The molecule has 0 aromatic heterocycles. The van der Waals surface area contributed by atoms with Gasteiger partial charge in [-0.15, -0.1) is 0 Å². The summed E-state index contributed by atoms with van der Waals surface area (Å²) in [7, 11) is 0. The van der Waals surface area contributed by atoms with E-state index in [0.29, 0.717) is 25.8 Å². The van der Waals surface area contributed by atoms with Gasteiger partial charge in [-0.1, -0.05) is 35.0 Å². The minimum atomic E-state index is -0.167. The van der Waals surface area contributed by atoms with E-state index >= 15 is 0 Å². The molecule has 0 aliphatic heterocycles. The van der Waals surface area contributed by atoms with Gasteiger partial charge in [0.25, 0.3) is 0 Å². The van der Waals surface area contributed by atoms with Crippen molar-refractivity contribution in [3.05, 3.63) is 34.3 Å². The molecule has 0 bridgehead atoms. The lowest BCUT2D eigenvalue weighted by molar-refractivity contribution is -0.133. The van der Waals surface area contributed by atoms with Gasteiger partial charge in [-0.05, 0) is 38.0 Å². The first-order chi connectivity index (χ1) is 9.21. The van der Waals surface area contributed by atoms with Crippen LogP contribution < -0.4 is 5.32 Å². The van der Waals surface area contributed by atoms with Gasteiger partial charge >= 0.3 is 0 Å². The molecule has 0 radical (unpaired) electrons. The van der Waals surface area contributed by atoms with E-state index in [0.717, 1.165) is 10.9 Å². The quantitative estimate of drug-likeness (QED) is 0.697. The smallest absolute Gasteiger partial charge is 0.169 e. The van der Waals surface area contributed by atoms with Crippen molar-refractivity contribution in [1.29, 1.82) is 0 Å². The van der Waals surface area contributed by atoms with Crippen LogP contribution in [0.4, 0.5) is 0 Å². The van der Waals surface area contributed by atoms with Crippen molar-refractivity contribution >= 4 is 15.9 Å². The Balaban J connectivity index is 2.53. The standard InChI is InChI=1S/C15H24BrNO2/c1-4-14(12-7-9-13(16)10-8-12)17-11-15(18-5-2)19-6-3/h7-10,14-15,17H,4-6,11H2,1-3H3. The monoisotopic (exact) mass is 329 g/mol. The van der Waals surface area contributed by atoms with Crippen LogP contribution >= 0.6 is 15.9 Å². The van der Waals surface area contributed by atoms with Crippen molar-refractivity contribution in [2.24, 2.45) is 0 Å². The van der Waals surface area contributed by atoms with Crippen molar-refractivity contribution in [1.82, 2.24) is 5.32 Å². The highest BCUT2D eigenvalue weighted by Gasteiger charge is 2.13. The zero-order chi connectivity index (χ0) is 14.1. The Bertz CT molecular complexity index is 337. The van der Waals surface area contributed by atoms with Crippen molar-refractivity contribution in [3.8, 4) is 0 Å². The first-order valence-electron chi connectivity index (χ1n) is 6.93. The van der Waals surface area contributed by atoms with Gasteiger partial charge in [-0.25, -0.2) is 0 Å². The van der Waals surface area contributed by atoms with Crippen LogP contribution in [-0.2, 0) is 9.47 Å². The summed E-state index contributed by atoms with van der Waals surface area (Å²) in [5, 5.41) is 3.51. The van der Waals surface area contributed by atoms with E-state index in [1.165, 1.54) is 5.56 Å².